The molecule has 7 nitrogen and oxygen atoms in total. The second-order valence-electron chi connectivity index (χ2n) is 6.28. The first-order valence-corrected chi connectivity index (χ1v) is 9.22. The summed E-state index contributed by atoms with van der Waals surface area (Å²) >= 11 is 0. The molecule has 2 heterocycles. The molecule has 0 radical (unpaired) electrons. The Balaban J connectivity index is 1.75. The predicted molar refractivity (Wildman–Crippen MR) is 113 cm³/mol. The first kappa shape index (κ1) is 20.6. The number of terminal acetylenes is 1. The number of hydrogen-bond acceptors (Lipinski definition) is 5. The molecule has 0 aliphatic carbocycles. The lowest BCUT2D eigenvalue weighted by Gasteiger charge is -2.01. The Bertz CT molecular complexity index is 1070. The highest BCUT2D eigenvalue weighted by Gasteiger charge is 2.11. The number of amides is 1. The maximum absolute atomic E-state index is 12.0. The monoisotopic (exact) mass is 400 g/mol. The number of nitrogens with one attached hydrogen (secondary N) is 1. The Labute approximate surface area is 174 Å². The van der Waals surface area contributed by atoms with Gasteiger partial charge in [-0.25, -0.2) is 4.79 Å². The van der Waals surface area contributed by atoms with E-state index >= 15 is 0 Å². The lowest BCUT2D eigenvalue weighted by Crippen LogP contribution is -2.28. The van der Waals surface area contributed by atoms with Crippen molar-refractivity contribution in [1.29, 1.82) is 0 Å². The van der Waals surface area contributed by atoms with Crippen molar-refractivity contribution in [3.8, 4) is 23.6 Å². The molecule has 0 aliphatic rings. The van der Waals surface area contributed by atoms with Crippen LogP contribution in [-0.2, 0) is 20.9 Å². The summed E-state index contributed by atoms with van der Waals surface area (Å²) in [5.74, 6) is 1.18. The molecule has 150 valence electrons. The van der Waals surface area contributed by atoms with Gasteiger partial charge in [0.05, 0.1) is 13.1 Å². The Hall–Kier alpha value is -4.18. The van der Waals surface area contributed by atoms with Crippen molar-refractivity contribution in [3.05, 3.63) is 78.3 Å². The average Bonchev–Trinajstić information content (AvgIpc) is 3.18. The number of aromatic nitrogens is 3. The predicted octanol–water partition coefficient (Wildman–Crippen LogP) is 2.30. The van der Waals surface area contributed by atoms with E-state index in [0.717, 1.165) is 16.7 Å². The fourth-order valence-corrected chi connectivity index (χ4v) is 2.68. The van der Waals surface area contributed by atoms with Gasteiger partial charge in [-0.1, -0.05) is 36.3 Å². The van der Waals surface area contributed by atoms with Gasteiger partial charge in [0.25, 0.3) is 5.91 Å². The molecule has 1 N–H and O–H groups in total. The normalized spacial score (nSPS) is 10.5. The SMILES string of the molecule is C#CCNC(=O)COC(=O)/C=C/c1cn(Cc2ccccc2)nc1-c1cccnc1. The van der Waals surface area contributed by atoms with E-state index < -0.39 is 18.5 Å². The number of pyridine rings is 1. The highest BCUT2D eigenvalue weighted by molar-refractivity contribution is 5.90. The summed E-state index contributed by atoms with van der Waals surface area (Å²) in [6, 6.07) is 13.7. The highest BCUT2D eigenvalue weighted by Crippen LogP contribution is 2.23. The van der Waals surface area contributed by atoms with Gasteiger partial charge in [0, 0.05) is 35.8 Å². The molecule has 0 unspecified atom stereocenters. The van der Waals surface area contributed by atoms with E-state index in [9.17, 15) is 9.59 Å². The third kappa shape index (κ3) is 5.91. The van der Waals surface area contributed by atoms with Crippen LogP contribution in [0, 0.1) is 12.3 Å². The third-order valence-corrected chi connectivity index (χ3v) is 4.04. The molecule has 0 saturated heterocycles. The number of hydrogen-bond donors (Lipinski definition) is 1. The van der Waals surface area contributed by atoms with E-state index in [2.05, 4.69) is 21.3 Å². The lowest BCUT2D eigenvalue weighted by molar-refractivity contribution is -0.143. The van der Waals surface area contributed by atoms with Gasteiger partial charge in [0.15, 0.2) is 6.61 Å². The van der Waals surface area contributed by atoms with Gasteiger partial charge in [-0.15, -0.1) is 6.42 Å². The number of esters is 1. The van der Waals surface area contributed by atoms with Crippen LogP contribution in [0.15, 0.2) is 67.1 Å². The van der Waals surface area contributed by atoms with E-state index in [1.54, 1.807) is 23.2 Å². The first-order chi connectivity index (χ1) is 14.7. The van der Waals surface area contributed by atoms with Crippen molar-refractivity contribution in [2.24, 2.45) is 0 Å². The van der Waals surface area contributed by atoms with Gasteiger partial charge in [-0.05, 0) is 23.8 Å². The van der Waals surface area contributed by atoms with Crippen LogP contribution < -0.4 is 5.32 Å². The summed E-state index contributed by atoms with van der Waals surface area (Å²) in [4.78, 5) is 27.6. The smallest absolute Gasteiger partial charge is 0.331 e. The third-order valence-electron chi connectivity index (χ3n) is 4.04. The molecule has 0 saturated carbocycles. The maximum Gasteiger partial charge on any atom is 0.331 e. The van der Waals surface area contributed by atoms with E-state index in [1.807, 2.05) is 48.7 Å². The molecule has 3 aromatic rings. The van der Waals surface area contributed by atoms with Gasteiger partial charge < -0.3 is 10.1 Å². The fourth-order valence-electron chi connectivity index (χ4n) is 2.68. The zero-order valence-corrected chi connectivity index (χ0v) is 16.2. The second kappa shape index (κ2) is 10.4. The van der Waals surface area contributed by atoms with Crippen molar-refractivity contribution < 1.29 is 14.3 Å². The van der Waals surface area contributed by atoms with Gasteiger partial charge in [-0.2, -0.15) is 5.10 Å². The average molecular weight is 400 g/mol. The minimum absolute atomic E-state index is 0.0846. The van der Waals surface area contributed by atoms with Crippen molar-refractivity contribution >= 4 is 18.0 Å². The molecular weight excluding hydrogens is 380 g/mol. The van der Waals surface area contributed by atoms with Crippen molar-refractivity contribution in [1.82, 2.24) is 20.1 Å². The quantitative estimate of drug-likeness (QED) is 0.356. The minimum Gasteiger partial charge on any atom is -0.452 e. The van der Waals surface area contributed by atoms with Crippen LogP contribution in [0.3, 0.4) is 0 Å². The highest BCUT2D eigenvalue weighted by atomic mass is 16.5. The maximum atomic E-state index is 12.0. The fraction of sp³-hybridized carbons (Fsp3) is 0.130. The molecule has 1 amide bonds. The summed E-state index contributed by atoms with van der Waals surface area (Å²) in [7, 11) is 0. The Morgan fingerprint density at radius 3 is 2.77 bits per heavy atom. The van der Waals surface area contributed by atoms with Crippen LogP contribution in [0.25, 0.3) is 17.3 Å². The molecular formula is C23H20N4O3. The number of carbonyl (C=O) groups is 2. The standard InChI is InChI=1S/C23H20N4O3/c1-2-12-25-21(28)17-30-22(29)11-10-20-16-27(15-18-7-4-3-5-8-18)26-23(20)19-9-6-13-24-14-19/h1,3-11,13-14,16H,12,15,17H2,(H,25,28)/b11-10+. The Morgan fingerprint density at radius 1 is 1.20 bits per heavy atom. The number of nitrogens with zero attached hydrogens (tertiary/aromatic N) is 3. The van der Waals surface area contributed by atoms with Crippen LogP contribution in [0.4, 0.5) is 0 Å². The summed E-state index contributed by atoms with van der Waals surface area (Å²) in [5.41, 5.74) is 3.35. The van der Waals surface area contributed by atoms with Crippen molar-refractivity contribution in [2.75, 3.05) is 13.2 Å². The molecule has 0 spiro atoms. The molecule has 30 heavy (non-hydrogen) atoms. The molecule has 0 atom stereocenters. The van der Waals surface area contributed by atoms with Crippen LogP contribution >= 0.6 is 0 Å². The summed E-state index contributed by atoms with van der Waals surface area (Å²) in [5, 5.41) is 7.07. The zero-order chi connectivity index (χ0) is 21.2. The molecule has 7 heteroatoms. The van der Waals surface area contributed by atoms with E-state index in [1.165, 1.54) is 6.08 Å². The Kier molecular flexibility index (Phi) is 7.12. The summed E-state index contributed by atoms with van der Waals surface area (Å²) < 4.78 is 6.73. The topological polar surface area (TPSA) is 86.1 Å². The number of ether oxygens (including phenoxy) is 1. The molecule has 0 fully saturated rings. The Morgan fingerprint density at radius 2 is 2.03 bits per heavy atom. The van der Waals surface area contributed by atoms with E-state index in [4.69, 9.17) is 11.2 Å². The van der Waals surface area contributed by atoms with Gasteiger partial charge in [0.2, 0.25) is 0 Å². The van der Waals surface area contributed by atoms with E-state index in [-0.39, 0.29) is 6.54 Å². The van der Waals surface area contributed by atoms with Crippen molar-refractivity contribution in [3.63, 3.8) is 0 Å². The van der Waals surface area contributed by atoms with Crippen LogP contribution in [0.1, 0.15) is 11.1 Å². The molecule has 1 aromatic carbocycles. The summed E-state index contributed by atoms with van der Waals surface area (Å²) in [6.07, 6.45) is 13.2. The largest absolute Gasteiger partial charge is 0.452 e. The number of rotatable bonds is 8. The molecule has 0 aliphatic heterocycles. The van der Waals surface area contributed by atoms with Gasteiger partial charge in [-0.3, -0.25) is 14.5 Å². The molecule has 3 rings (SSSR count). The van der Waals surface area contributed by atoms with Gasteiger partial charge in [0.1, 0.15) is 5.69 Å². The number of carbonyl (C=O) groups excluding carboxylic acids is 2. The van der Waals surface area contributed by atoms with Crippen LogP contribution in [0.5, 0.6) is 0 Å². The van der Waals surface area contributed by atoms with Crippen molar-refractivity contribution in [2.45, 2.75) is 6.54 Å². The van der Waals surface area contributed by atoms with Crippen LogP contribution in [0.2, 0.25) is 0 Å². The second-order valence-corrected chi connectivity index (χ2v) is 6.28. The van der Waals surface area contributed by atoms with Crippen LogP contribution in [-0.4, -0.2) is 39.8 Å². The zero-order valence-electron chi connectivity index (χ0n) is 16.2. The first-order valence-electron chi connectivity index (χ1n) is 9.22. The number of benzene rings is 1. The lowest BCUT2D eigenvalue weighted by atomic mass is 10.1. The molecule has 2 aromatic heterocycles. The van der Waals surface area contributed by atoms with Gasteiger partial charge >= 0.3 is 5.97 Å². The van der Waals surface area contributed by atoms with E-state index in [0.29, 0.717) is 12.2 Å². The minimum atomic E-state index is -0.640. The molecule has 0 bridgehead atoms. The summed E-state index contributed by atoms with van der Waals surface area (Å²) in [6.45, 7) is 0.274.